The van der Waals surface area contributed by atoms with Crippen LogP contribution in [0.3, 0.4) is 0 Å². The molecule has 2 aliphatic heterocycles. The van der Waals surface area contributed by atoms with Crippen LogP contribution in [0.25, 0.3) is 90.9 Å². The first-order chi connectivity index (χ1) is 26.1. The maximum Gasteiger partial charge on any atom is 0.168 e. The van der Waals surface area contributed by atoms with E-state index < -0.39 is 0 Å². The van der Waals surface area contributed by atoms with E-state index in [4.69, 9.17) is 19.4 Å². The quantitative estimate of drug-likeness (QED) is 0.182. The van der Waals surface area contributed by atoms with Crippen molar-refractivity contribution in [1.82, 2.24) is 19.9 Å². The van der Waals surface area contributed by atoms with E-state index in [9.17, 15) is 0 Å². The van der Waals surface area contributed by atoms with Crippen molar-refractivity contribution >= 4 is 46.4 Å². The molecule has 8 bridgehead atoms. The summed E-state index contributed by atoms with van der Waals surface area (Å²) < 4.78 is 12.0. The summed E-state index contributed by atoms with van der Waals surface area (Å²) in [6.07, 6.45) is 8.44. The SMILES string of the molecule is COc1c(C)ccc(-c2c3nc(c(-c4ccccc4)c4ccc([nH]4)c(-c4ccccc4)c4nc(c(-c5ccccc5)c5ccc2[nH]5)C=C4)C=C3)c1OC. The number of H-pyrrole nitrogens is 2. The van der Waals surface area contributed by atoms with E-state index in [1.807, 2.05) is 25.1 Å². The molecule has 9 rings (SSSR count). The van der Waals surface area contributed by atoms with Gasteiger partial charge in [-0.05, 0) is 83.8 Å². The van der Waals surface area contributed by atoms with E-state index >= 15 is 0 Å². The summed E-state index contributed by atoms with van der Waals surface area (Å²) in [7, 11) is 3.37. The van der Waals surface area contributed by atoms with Crippen LogP contribution in [0, 0.1) is 6.92 Å². The maximum absolute atomic E-state index is 6.09. The minimum Gasteiger partial charge on any atom is -0.493 e. The van der Waals surface area contributed by atoms with Crippen LogP contribution in [-0.2, 0) is 0 Å². The van der Waals surface area contributed by atoms with E-state index in [0.29, 0.717) is 11.5 Å². The second kappa shape index (κ2) is 13.3. The molecule has 53 heavy (non-hydrogen) atoms. The Balaban J connectivity index is 1.49. The Morgan fingerprint density at radius 2 is 0.755 bits per heavy atom. The largest absolute Gasteiger partial charge is 0.493 e. The lowest BCUT2D eigenvalue weighted by molar-refractivity contribution is 0.354. The van der Waals surface area contributed by atoms with Crippen LogP contribution >= 0.6 is 0 Å². The first-order valence-corrected chi connectivity index (χ1v) is 17.7. The van der Waals surface area contributed by atoms with Crippen LogP contribution in [-0.4, -0.2) is 34.2 Å². The fourth-order valence-corrected chi connectivity index (χ4v) is 7.53. The third-order valence-electron chi connectivity index (χ3n) is 9.93. The van der Waals surface area contributed by atoms with Crippen LogP contribution in [0.4, 0.5) is 0 Å². The van der Waals surface area contributed by atoms with Crippen LogP contribution in [0.1, 0.15) is 28.3 Å². The molecule has 6 nitrogen and oxygen atoms in total. The van der Waals surface area contributed by atoms with Gasteiger partial charge < -0.3 is 19.4 Å². The summed E-state index contributed by atoms with van der Waals surface area (Å²) in [5.74, 6) is 1.34. The summed E-state index contributed by atoms with van der Waals surface area (Å²) in [4.78, 5) is 18.4. The van der Waals surface area contributed by atoms with E-state index in [0.717, 1.165) is 94.9 Å². The molecule has 6 heteroatoms. The van der Waals surface area contributed by atoms with Crippen molar-refractivity contribution in [2.24, 2.45) is 0 Å². The fraction of sp³-hybridized carbons (Fsp3) is 0.0638. The van der Waals surface area contributed by atoms with Gasteiger partial charge in [-0.2, -0.15) is 0 Å². The zero-order valence-electron chi connectivity index (χ0n) is 29.6. The highest BCUT2D eigenvalue weighted by Gasteiger charge is 2.22. The van der Waals surface area contributed by atoms with Gasteiger partial charge in [-0.15, -0.1) is 0 Å². The number of hydrogen-bond acceptors (Lipinski definition) is 4. The lowest BCUT2D eigenvalue weighted by Crippen LogP contribution is -1.97. The first-order valence-electron chi connectivity index (χ1n) is 17.7. The highest BCUT2D eigenvalue weighted by molar-refractivity contribution is 6.00. The van der Waals surface area contributed by atoms with Gasteiger partial charge in [0, 0.05) is 49.9 Å². The number of aryl methyl sites for hydroxylation is 1. The van der Waals surface area contributed by atoms with E-state index in [-0.39, 0.29) is 0 Å². The Bertz CT molecular complexity index is 2700. The Morgan fingerprint density at radius 1 is 0.396 bits per heavy atom. The van der Waals surface area contributed by atoms with Crippen LogP contribution in [0.2, 0.25) is 0 Å². The van der Waals surface area contributed by atoms with Crippen molar-refractivity contribution in [3.63, 3.8) is 0 Å². The number of benzene rings is 4. The molecule has 2 N–H and O–H groups in total. The highest BCUT2D eigenvalue weighted by atomic mass is 16.5. The van der Waals surface area contributed by atoms with E-state index in [1.165, 1.54) is 0 Å². The number of nitrogens with zero attached hydrogens (tertiary/aromatic N) is 2. The molecular formula is C47H36N4O2. The lowest BCUT2D eigenvalue weighted by atomic mass is 10.00. The van der Waals surface area contributed by atoms with Gasteiger partial charge in [0.25, 0.3) is 0 Å². The van der Waals surface area contributed by atoms with Gasteiger partial charge in [-0.1, -0.05) is 97.1 Å². The molecule has 4 aromatic carbocycles. The van der Waals surface area contributed by atoms with Crippen molar-refractivity contribution in [3.8, 4) is 56.0 Å². The smallest absolute Gasteiger partial charge is 0.168 e. The molecule has 0 unspecified atom stereocenters. The number of methoxy groups -OCH3 is 2. The Kier molecular flexibility index (Phi) is 8.05. The van der Waals surface area contributed by atoms with Gasteiger partial charge >= 0.3 is 0 Å². The number of fused-ring (bicyclic) bond motifs is 8. The van der Waals surface area contributed by atoms with Crippen molar-refractivity contribution < 1.29 is 9.47 Å². The summed E-state index contributed by atoms with van der Waals surface area (Å²) in [6.45, 7) is 2.02. The number of ether oxygens (including phenoxy) is 2. The highest BCUT2D eigenvalue weighted by Crippen LogP contribution is 2.44. The van der Waals surface area contributed by atoms with Gasteiger partial charge in [0.1, 0.15) is 0 Å². The van der Waals surface area contributed by atoms with Crippen molar-refractivity contribution in [1.29, 1.82) is 0 Å². The summed E-state index contributed by atoms with van der Waals surface area (Å²) in [5, 5.41) is 0. The Hall–Kier alpha value is -6.92. The molecule has 3 aromatic heterocycles. The number of rotatable bonds is 6. The van der Waals surface area contributed by atoms with E-state index in [1.54, 1.807) is 14.2 Å². The van der Waals surface area contributed by atoms with Crippen LogP contribution < -0.4 is 9.47 Å². The number of nitrogens with one attached hydrogen (secondary N) is 2. The average molecular weight is 689 g/mol. The molecule has 0 atom stereocenters. The third-order valence-corrected chi connectivity index (χ3v) is 9.93. The predicted octanol–water partition coefficient (Wildman–Crippen LogP) is 11.6. The second-order valence-corrected chi connectivity index (χ2v) is 13.1. The van der Waals surface area contributed by atoms with Crippen LogP contribution in [0.15, 0.2) is 127 Å². The average Bonchev–Trinajstić information content (AvgIpc) is 4.04. The number of aromatic nitrogens is 4. The molecule has 0 saturated carbocycles. The molecule has 5 heterocycles. The minimum atomic E-state index is 0.650. The van der Waals surface area contributed by atoms with Crippen molar-refractivity contribution in [3.05, 3.63) is 156 Å². The molecule has 0 aliphatic carbocycles. The molecule has 0 amide bonds. The topological polar surface area (TPSA) is 75.8 Å². The number of hydrogen-bond donors (Lipinski definition) is 2. The van der Waals surface area contributed by atoms with Crippen molar-refractivity contribution in [2.45, 2.75) is 6.92 Å². The van der Waals surface area contributed by atoms with Gasteiger partial charge in [0.05, 0.1) is 37.0 Å². The van der Waals surface area contributed by atoms with Crippen molar-refractivity contribution in [2.75, 3.05) is 14.2 Å². The molecule has 0 radical (unpaired) electrons. The van der Waals surface area contributed by atoms with Gasteiger partial charge in [0.2, 0.25) is 0 Å². The van der Waals surface area contributed by atoms with E-state index in [2.05, 4.69) is 143 Å². The Morgan fingerprint density at radius 3 is 1.13 bits per heavy atom. The predicted molar refractivity (Wildman–Crippen MR) is 218 cm³/mol. The van der Waals surface area contributed by atoms with Crippen LogP contribution in [0.5, 0.6) is 11.5 Å². The molecule has 7 aromatic rings. The molecular weight excluding hydrogens is 653 g/mol. The normalized spacial score (nSPS) is 11.9. The minimum absolute atomic E-state index is 0.650. The fourth-order valence-electron chi connectivity index (χ4n) is 7.53. The monoisotopic (exact) mass is 688 g/mol. The summed E-state index contributed by atoms with van der Waals surface area (Å²) in [6, 6.07) is 44.0. The molecule has 0 fully saturated rings. The van der Waals surface area contributed by atoms with Gasteiger partial charge in [0.15, 0.2) is 11.5 Å². The van der Waals surface area contributed by atoms with Gasteiger partial charge in [-0.25, -0.2) is 9.97 Å². The molecule has 2 aliphatic rings. The zero-order valence-corrected chi connectivity index (χ0v) is 29.6. The molecule has 0 spiro atoms. The second-order valence-electron chi connectivity index (χ2n) is 13.1. The summed E-state index contributed by atoms with van der Waals surface area (Å²) >= 11 is 0. The standard InChI is InChI=1S/C47H36N4O2/c1-29-19-20-33(47(53-3)46(29)52-2)45-40-27-25-38(50-40)43(31-15-9-5-10-16-31)36-23-21-34(48-36)42(30-13-7-4-8-14-30)35-22-24-37(49-35)44(32-17-11-6-12-18-32)39-26-28-41(45)51-39/h4-28,48,51H,1-3H3. The first kappa shape index (κ1) is 32.0. The maximum atomic E-state index is 6.09. The van der Waals surface area contributed by atoms with Gasteiger partial charge in [-0.3, -0.25) is 0 Å². The number of aromatic amines is 2. The summed E-state index contributed by atoms with van der Waals surface area (Å²) in [5.41, 5.74) is 16.1. The molecule has 256 valence electrons. The molecule has 0 saturated heterocycles. The third kappa shape index (κ3) is 5.61. The zero-order chi connectivity index (χ0) is 35.9. The Labute approximate surface area is 307 Å². The lowest BCUT2D eigenvalue weighted by Gasteiger charge is -2.15.